The maximum absolute atomic E-state index is 12.7. The number of nitrogens with two attached hydrogens (primary N) is 1. The van der Waals surface area contributed by atoms with Gasteiger partial charge in [-0.25, -0.2) is 4.39 Å². The Morgan fingerprint density at radius 3 is 2.44 bits per heavy atom. The number of amides is 1. The predicted octanol–water partition coefficient (Wildman–Crippen LogP) is 1.74. The molecule has 16 heavy (non-hydrogen) atoms. The molecule has 0 aliphatic heterocycles. The van der Waals surface area contributed by atoms with Gasteiger partial charge in [-0.05, 0) is 31.5 Å². The summed E-state index contributed by atoms with van der Waals surface area (Å²) in [5, 5.41) is 2.81. The van der Waals surface area contributed by atoms with E-state index in [2.05, 4.69) is 5.32 Å². The summed E-state index contributed by atoms with van der Waals surface area (Å²) in [6.07, 6.45) is 0.297. The fourth-order valence-corrected chi connectivity index (χ4v) is 1.43. The van der Waals surface area contributed by atoms with Gasteiger partial charge < -0.3 is 11.1 Å². The van der Waals surface area contributed by atoms with E-state index in [-0.39, 0.29) is 23.8 Å². The first-order chi connectivity index (χ1) is 7.49. The summed E-state index contributed by atoms with van der Waals surface area (Å²) in [6, 6.07) is 5.79. The summed E-state index contributed by atoms with van der Waals surface area (Å²) in [7, 11) is 0. The van der Waals surface area contributed by atoms with Crippen molar-refractivity contribution < 1.29 is 9.18 Å². The molecule has 3 nitrogen and oxygen atoms in total. The third-order valence-electron chi connectivity index (χ3n) is 2.25. The molecule has 0 fully saturated rings. The van der Waals surface area contributed by atoms with Gasteiger partial charge in [-0.1, -0.05) is 12.1 Å². The van der Waals surface area contributed by atoms with Crippen molar-refractivity contribution in [2.45, 2.75) is 32.4 Å². The van der Waals surface area contributed by atoms with Crippen molar-refractivity contribution in [2.75, 3.05) is 0 Å². The van der Waals surface area contributed by atoms with Crippen LogP contribution in [0.3, 0.4) is 0 Å². The SMILES string of the molecule is CC(N)CC(=O)NC(C)c1ccc(F)cc1. The lowest BCUT2D eigenvalue weighted by Gasteiger charge is -2.15. The van der Waals surface area contributed by atoms with Crippen molar-refractivity contribution in [3.8, 4) is 0 Å². The van der Waals surface area contributed by atoms with Crippen LogP contribution in [0.2, 0.25) is 0 Å². The monoisotopic (exact) mass is 224 g/mol. The van der Waals surface area contributed by atoms with Gasteiger partial charge in [0.2, 0.25) is 5.91 Å². The summed E-state index contributed by atoms with van der Waals surface area (Å²) in [4.78, 5) is 11.4. The molecule has 0 bridgehead atoms. The van der Waals surface area contributed by atoms with Crippen molar-refractivity contribution >= 4 is 5.91 Å². The summed E-state index contributed by atoms with van der Waals surface area (Å²) in [5.74, 6) is -0.371. The number of nitrogens with one attached hydrogen (secondary N) is 1. The van der Waals surface area contributed by atoms with Crippen LogP contribution in [-0.4, -0.2) is 11.9 Å². The molecule has 0 saturated carbocycles. The molecular weight excluding hydrogens is 207 g/mol. The van der Waals surface area contributed by atoms with Gasteiger partial charge in [0.25, 0.3) is 0 Å². The minimum atomic E-state index is -0.280. The van der Waals surface area contributed by atoms with E-state index in [0.717, 1.165) is 5.56 Å². The lowest BCUT2D eigenvalue weighted by molar-refractivity contribution is -0.122. The Bertz CT molecular complexity index is 349. The second-order valence-corrected chi connectivity index (χ2v) is 4.02. The molecule has 1 amide bonds. The summed E-state index contributed by atoms with van der Waals surface area (Å²) >= 11 is 0. The molecule has 1 aromatic rings. The smallest absolute Gasteiger partial charge is 0.222 e. The molecule has 0 aliphatic carbocycles. The van der Waals surface area contributed by atoms with E-state index in [4.69, 9.17) is 5.73 Å². The molecule has 0 spiro atoms. The van der Waals surface area contributed by atoms with E-state index in [0.29, 0.717) is 6.42 Å². The van der Waals surface area contributed by atoms with Gasteiger partial charge in [0.05, 0.1) is 6.04 Å². The van der Waals surface area contributed by atoms with Gasteiger partial charge in [-0.15, -0.1) is 0 Å². The average Bonchev–Trinajstić information content (AvgIpc) is 2.16. The second-order valence-electron chi connectivity index (χ2n) is 4.02. The van der Waals surface area contributed by atoms with Gasteiger partial charge in [-0.3, -0.25) is 4.79 Å². The van der Waals surface area contributed by atoms with E-state index in [1.54, 1.807) is 19.1 Å². The van der Waals surface area contributed by atoms with Crippen LogP contribution in [-0.2, 0) is 4.79 Å². The Labute approximate surface area is 94.8 Å². The first-order valence-electron chi connectivity index (χ1n) is 5.29. The van der Waals surface area contributed by atoms with E-state index in [1.807, 2.05) is 6.92 Å². The maximum atomic E-state index is 12.7. The highest BCUT2D eigenvalue weighted by molar-refractivity contribution is 5.76. The summed E-state index contributed by atoms with van der Waals surface area (Å²) < 4.78 is 12.7. The number of benzene rings is 1. The maximum Gasteiger partial charge on any atom is 0.222 e. The zero-order valence-electron chi connectivity index (χ0n) is 9.53. The third kappa shape index (κ3) is 3.98. The fraction of sp³-hybridized carbons (Fsp3) is 0.417. The Balaban J connectivity index is 2.55. The van der Waals surface area contributed by atoms with E-state index in [1.165, 1.54) is 12.1 Å². The van der Waals surface area contributed by atoms with Crippen molar-refractivity contribution in [3.63, 3.8) is 0 Å². The molecule has 2 unspecified atom stereocenters. The number of rotatable bonds is 4. The van der Waals surface area contributed by atoms with E-state index < -0.39 is 0 Å². The average molecular weight is 224 g/mol. The van der Waals surface area contributed by atoms with Gasteiger partial charge in [-0.2, -0.15) is 0 Å². The van der Waals surface area contributed by atoms with Crippen molar-refractivity contribution in [3.05, 3.63) is 35.6 Å². The molecule has 0 aliphatic rings. The highest BCUT2D eigenvalue weighted by atomic mass is 19.1. The predicted molar refractivity (Wildman–Crippen MR) is 61.2 cm³/mol. The van der Waals surface area contributed by atoms with Gasteiger partial charge in [0.15, 0.2) is 0 Å². The Morgan fingerprint density at radius 1 is 1.38 bits per heavy atom. The normalized spacial score (nSPS) is 14.2. The zero-order valence-corrected chi connectivity index (χ0v) is 9.53. The highest BCUT2D eigenvalue weighted by Crippen LogP contribution is 2.12. The van der Waals surface area contributed by atoms with Crippen LogP contribution in [0.25, 0.3) is 0 Å². The van der Waals surface area contributed by atoms with Crippen LogP contribution in [0, 0.1) is 5.82 Å². The quantitative estimate of drug-likeness (QED) is 0.818. The van der Waals surface area contributed by atoms with Gasteiger partial charge >= 0.3 is 0 Å². The minimum absolute atomic E-state index is 0.0909. The molecule has 1 rings (SSSR count). The summed E-state index contributed by atoms with van der Waals surface area (Å²) in [6.45, 7) is 3.63. The van der Waals surface area contributed by atoms with Gasteiger partial charge in [0, 0.05) is 12.5 Å². The molecule has 0 saturated heterocycles. The fourth-order valence-electron chi connectivity index (χ4n) is 1.43. The number of hydrogen-bond acceptors (Lipinski definition) is 2. The Kier molecular flexibility index (Phi) is 4.43. The van der Waals surface area contributed by atoms with Crippen LogP contribution in [0.15, 0.2) is 24.3 Å². The molecule has 1 aromatic carbocycles. The standard InChI is InChI=1S/C12H17FN2O/c1-8(14)7-12(16)15-9(2)10-3-5-11(13)6-4-10/h3-6,8-9H,7,14H2,1-2H3,(H,15,16). The van der Waals surface area contributed by atoms with Gasteiger partial charge in [0.1, 0.15) is 5.82 Å². The zero-order chi connectivity index (χ0) is 12.1. The topological polar surface area (TPSA) is 55.1 Å². The van der Waals surface area contributed by atoms with Crippen LogP contribution < -0.4 is 11.1 Å². The lowest BCUT2D eigenvalue weighted by atomic mass is 10.1. The minimum Gasteiger partial charge on any atom is -0.350 e. The third-order valence-corrected chi connectivity index (χ3v) is 2.25. The first-order valence-corrected chi connectivity index (χ1v) is 5.29. The molecule has 0 radical (unpaired) electrons. The van der Waals surface area contributed by atoms with Crippen LogP contribution in [0.4, 0.5) is 4.39 Å². The molecule has 0 heterocycles. The number of carbonyl (C=O) groups excluding carboxylic acids is 1. The number of halogens is 1. The Morgan fingerprint density at radius 2 is 1.94 bits per heavy atom. The summed E-state index contributed by atoms with van der Waals surface area (Å²) in [5.41, 5.74) is 6.39. The molecule has 4 heteroatoms. The van der Waals surface area contributed by atoms with E-state index >= 15 is 0 Å². The van der Waals surface area contributed by atoms with Crippen LogP contribution in [0.5, 0.6) is 0 Å². The first kappa shape index (κ1) is 12.6. The van der Waals surface area contributed by atoms with Crippen molar-refractivity contribution in [1.82, 2.24) is 5.32 Å². The lowest BCUT2D eigenvalue weighted by Crippen LogP contribution is -2.31. The van der Waals surface area contributed by atoms with E-state index in [9.17, 15) is 9.18 Å². The van der Waals surface area contributed by atoms with Crippen molar-refractivity contribution in [1.29, 1.82) is 0 Å². The van der Waals surface area contributed by atoms with Crippen LogP contribution in [0.1, 0.15) is 31.9 Å². The van der Waals surface area contributed by atoms with Crippen LogP contribution >= 0.6 is 0 Å². The largest absolute Gasteiger partial charge is 0.350 e. The molecule has 2 atom stereocenters. The Hall–Kier alpha value is -1.42. The second kappa shape index (κ2) is 5.61. The molecule has 3 N–H and O–H groups in total. The number of hydrogen-bond donors (Lipinski definition) is 2. The molecular formula is C12H17FN2O. The highest BCUT2D eigenvalue weighted by Gasteiger charge is 2.10. The molecule has 0 aromatic heterocycles. The molecule has 88 valence electrons. The number of carbonyl (C=O) groups is 1. The van der Waals surface area contributed by atoms with Crippen molar-refractivity contribution in [2.24, 2.45) is 5.73 Å².